The van der Waals surface area contributed by atoms with E-state index < -0.39 is 5.91 Å². The highest BCUT2D eigenvalue weighted by Gasteiger charge is 2.12. The third-order valence-electron chi connectivity index (χ3n) is 5.55. The molecular weight excluding hydrogens is 464 g/mol. The van der Waals surface area contributed by atoms with Crippen LogP contribution in [0, 0.1) is 11.3 Å². The van der Waals surface area contributed by atoms with Crippen LogP contribution in [-0.4, -0.2) is 19.1 Å². The second kappa shape index (κ2) is 12.3. The number of nitrogens with zero attached hydrogens (tertiary/aromatic N) is 1. The average Bonchev–Trinajstić information content (AvgIpc) is 2.91. The molecule has 186 valence electrons. The number of hydrogen-bond acceptors (Lipinski definition) is 5. The van der Waals surface area contributed by atoms with Gasteiger partial charge >= 0.3 is 0 Å². The summed E-state index contributed by atoms with van der Waals surface area (Å²) in [5, 5.41) is 14.7. The Morgan fingerprint density at radius 2 is 1.65 bits per heavy atom. The van der Waals surface area contributed by atoms with Gasteiger partial charge in [-0.2, -0.15) is 5.26 Å². The highest BCUT2D eigenvalue weighted by Crippen LogP contribution is 2.30. The number of fused-ring (bicyclic) bond motifs is 1. The summed E-state index contributed by atoms with van der Waals surface area (Å²) in [6.45, 7) is 5.12. The summed E-state index contributed by atoms with van der Waals surface area (Å²) in [6, 6.07) is 28.8. The van der Waals surface area contributed by atoms with Crippen molar-refractivity contribution < 1.29 is 19.0 Å². The molecule has 0 aliphatic rings. The van der Waals surface area contributed by atoms with Gasteiger partial charge in [0.25, 0.3) is 5.91 Å². The van der Waals surface area contributed by atoms with Gasteiger partial charge in [-0.3, -0.25) is 4.79 Å². The maximum absolute atomic E-state index is 12.7. The highest BCUT2D eigenvalue weighted by molar-refractivity contribution is 6.09. The van der Waals surface area contributed by atoms with Crippen molar-refractivity contribution >= 4 is 28.4 Å². The minimum Gasteiger partial charge on any atom is -0.494 e. The molecule has 1 amide bonds. The number of benzene rings is 4. The van der Waals surface area contributed by atoms with E-state index in [9.17, 15) is 10.1 Å². The van der Waals surface area contributed by atoms with Crippen molar-refractivity contribution in [2.45, 2.75) is 20.5 Å². The molecule has 0 spiro atoms. The zero-order valence-electron chi connectivity index (χ0n) is 20.9. The number of nitrogens with one attached hydrogen (secondary N) is 1. The lowest BCUT2D eigenvalue weighted by atomic mass is 10.1. The van der Waals surface area contributed by atoms with Crippen LogP contribution >= 0.6 is 0 Å². The summed E-state index contributed by atoms with van der Waals surface area (Å²) in [6.07, 6.45) is 1.53. The van der Waals surface area contributed by atoms with E-state index in [2.05, 4.69) is 29.6 Å². The SMILES string of the molecule is CCOc1cccc(NC(=O)/C(C#N)=C\c2ccc(OCc3ccc4ccccc4c3)c(OCC)c2)c1. The molecular formula is C31H28N2O4. The van der Waals surface area contributed by atoms with Gasteiger partial charge in [-0.1, -0.05) is 48.5 Å². The first-order valence-electron chi connectivity index (χ1n) is 12.1. The summed E-state index contributed by atoms with van der Waals surface area (Å²) in [5.41, 5.74) is 2.21. The molecule has 0 unspecified atom stereocenters. The molecule has 6 nitrogen and oxygen atoms in total. The van der Waals surface area contributed by atoms with Crippen LogP contribution in [0.5, 0.6) is 17.2 Å². The van der Waals surface area contributed by atoms with Gasteiger partial charge in [-0.05, 0) is 72.2 Å². The Kier molecular flexibility index (Phi) is 8.41. The van der Waals surface area contributed by atoms with Gasteiger partial charge in [0.1, 0.15) is 24.0 Å². The largest absolute Gasteiger partial charge is 0.494 e. The molecule has 4 aromatic carbocycles. The van der Waals surface area contributed by atoms with E-state index >= 15 is 0 Å². The first kappa shape index (κ1) is 25.3. The van der Waals surface area contributed by atoms with Gasteiger partial charge < -0.3 is 19.5 Å². The van der Waals surface area contributed by atoms with Gasteiger partial charge in [0.05, 0.1) is 13.2 Å². The maximum Gasteiger partial charge on any atom is 0.266 e. The number of nitriles is 1. The van der Waals surface area contributed by atoms with Gasteiger partial charge in [-0.25, -0.2) is 0 Å². The van der Waals surface area contributed by atoms with Crippen LogP contribution in [0.3, 0.4) is 0 Å². The van der Waals surface area contributed by atoms with Crippen molar-refractivity contribution in [1.29, 1.82) is 5.26 Å². The maximum atomic E-state index is 12.7. The molecule has 0 aliphatic carbocycles. The predicted octanol–water partition coefficient (Wildman–Crippen LogP) is 6.76. The first-order chi connectivity index (χ1) is 18.1. The molecule has 0 saturated carbocycles. The topological polar surface area (TPSA) is 80.6 Å². The van der Waals surface area contributed by atoms with E-state index in [1.165, 1.54) is 11.5 Å². The molecule has 0 bridgehead atoms. The number of carbonyl (C=O) groups is 1. The Labute approximate surface area is 216 Å². The average molecular weight is 493 g/mol. The third kappa shape index (κ3) is 6.68. The quantitative estimate of drug-likeness (QED) is 0.195. The smallest absolute Gasteiger partial charge is 0.266 e. The Morgan fingerprint density at radius 3 is 2.43 bits per heavy atom. The highest BCUT2D eigenvalue weighted by atomic mass is 16.5. The summed E-state index contributed by atoms with van der Waals surface area (Å²) in [7, 11) is 0. The summed E-state index contributed by atoms with van der Waals surface area (Å²) in [4.78, 5) is 12.7. The van der Waals surface area contributed by atoms with E-state index in [0.29, 0.717) is 48.3 Å². The van der Waals surface area contributed by atoms with Crippen molar-refractivity contribution in [2.75, 3.05) is 18.5 Å². The zero-order chi connectivity index (χ0) is 26.0. The van der Waals surface area contributed by atoms with Crippen molar-refractivity contribution in [3.05, 3.63) is 102 Å². The molecule has 0 heterocycles. The molecule has 6 heteroatoms. The number of ether oxygens (including phenoxy) is 3. The molecule has 0 fully saturated rings. The van der Waals surface area contributed by atoms with E-state index in [-0.39, 0.29) is 5.57 Å². The number of amides is 1. The number of hydrogen-bond donors (Lipinski definition) is 1. The van der Waals surface area contributed by atoms with Crippen LogP contribution in [0.15, 0.2) is 90.5 Å². The van der Waals surface area contributed by atoms with Gasteiger partial charge in [0, 0.05) is 11.8 Å². The third-order valence-corrected chi connectivity index (χ3v) is 5.55. The summed E-state index contributed by atoms with van der Waals surface area (Å²) < 4.78 is 17.3. The van der Waals surface area contributed by atoms with E-state index in [4.69, 9.17) is 14.2 Å². The van der Waals surface area contributed by atoms with Gasteiger partial charge in [0.15, 0.2) is 11.5 Å². The lowest BCUT2D eigenvalue weighted by Gasteiger charge is -2.13. The Balaban J connectivity index is 1.49. The van der Waals surface area contributed by atoms with Crippen LogP contribution in [0.2, 0.25) is 0 Å². The van der Waals surface area contributed by atoms with Crippen LogP contribution in [-0.2, 0) is 11.4 Å². The molecule has 0 radical (unpaired) electrons. The minimum absolute atomic E-state index is 0.0332. The van der Waals surface area contributed by atoms with Crippen LogP contribution in [0.1, 0.15) is 25.0 Å². The van der Waals surface area contributed by atoms with Crippen LogP contribution in [0.4, 0.5) is 5.69 Å². The van der Waals surface area contributed by atoms with Gasteiger partial charge in [-0.15, -0.1) is 0 Å². The lowest BCUT2D eigenvalue weighted by Crippen LogP contribution is -2.13. The number of carbonyl (C=O) groups excluding carboxylic acids is 1. The number of rotatable bonds is 10. The normalized spacial score (nSPS) is 11.0. The Bertz CT molecular complexity index is 1470. The van der Waals surface area contributed by atoms with E-state index in [0.717, 1.165) is 10.9 Å². The fourth-order valence-corrected chi connectivity index (χ4v) is 3.84. The molecule has 1 N–H and O–H groups in total. The molecule has 4 aromatic rings. The van der Waals surface area contributed by atoms with Crippen LogP contribution in [0.25, 0.3) is 16.8 Å². The Morgan fingerprint density at radius 1 is 0.838 bits per heavy atom. The first-order valence-corrected chi connectivity index (χ1v) is 12.1. The molecule has 4 rings (SSSR count). The van der Waals surface area contributed by atoms with Crippen molar-refractivity contribution in [1.82, 2.24) is 0 Å². The standard InChI is InChI=1S/C31H28N2O4/c1-3-35-28-11-7-10-27(19-28)33-31(34)26(20-32)16-22-13-15-29(30(18-22)36-4-2)37-21-23-12-14-24-8-5-6-9-25(24)17-23/h5-19H,3-4,21H2,1-2H3,(H,33,34)/b26-16-. The molecule has 37 heavy (non-hydrogen) atoms. The van der Waals surface area contributed by atoms with Gasteiger partial charge in [0.2, 0.25) is 0 Å². The second-order valence-electron chi connectivity index (χ2n) is 8.19. The number of anilines is 1. The molecule has 0 saturated heterocycles. The minimum atomic E-state index is -0.509. The van der Waals surface area contributed by atoms with Crippen LogP contribution < -0.4 is 19.5 Å². The molecule has 0 atom stereocenters. The molecule has 0 aromatic heterocycles. The second-order valence-corrected chi connectivity index (χ2v) is 8.19. The predicted molar refractivity (Wildman–Crippen MR) is 146 cm³/mol. The van der Waals surface area contributed by atoms with E-state index in [1.54, 1.807) is 42.5 Å². The zero-order valence-corrected chi connectivity index (χ0v) is 20.9. The Hall–Kier alpha value is -4.76. The van der Waals surface area contributed by atoms with Crippen molar-refractivity contribution in [3.63, 3.8) is 0 Å². The fourth-order valence-electron chi connectivity index (χ4n) is 3.84. The van der Waals surface area contributed by atoms with Crippen molar-refractivity contribution in [3.8, 4) is 23.3 Å². The summed E-state index contributed by atoms with van der Waals surface area (Å²) in [5.74, 6) is 1.26. The van der Waals surface area contributed by atoms with Crippen molar-refractivity contribution in [2.24, 2.45) is 0 Å². The molecule has 0 aliphatic heterocycles. The fraction of sp³-hybridized carbons (Fsp3) is 0.161. The summed E-state index contributed by atoms with van der Waals surface area (Å²) >= 11 is 0. The van der Waals surface area contributed by atoms with E-state index in [1.807, 2.05) is 38.1 Å². The lowest BCUT2D eigenvalue weighted by molar-refractivity contribution is -0.112. The monoisotopic (exact) mass is 492 g/mol.